The number of nitrogens with zero attached hydrogens (tertiary/aromatic N) is 2. The van der Waals surface area contributed by atoms with Gasteiger partial charge in [-0.05, 0) is 23.9 Å². The molecule has 7 heteroatoms. The average Bonchev–Trinajstić information content (AvgIpc) is 3.17. The van der Waals surface area contributed by atoms with Crippen LogP contribution < -0.4 is 10.6 Å². The van der Waals surface area contributed by atoms with Crippen LogP contribution in [0.25, 0.3) is 0 Å². The first-order chi connectivity index (χ1) is 13.2. The molecule has 1 aliphatic heterocycles. The molecule has 0 radical (unpaired) electrons. The maximum atomic E-state index is 12.8. The molecule has 1 aliphatic rings. The molecular formula is C20H26N4O2S. The molecule has 144 valence electrons. The predicted octanol–water partition coefficient (Wildman–Crippen LogP) is 2.45. The van der Waals surface area contributed by atoms with Gasteiger partial charge >= 0.3 is 6.03 Å². The smallest absolute Gasteiger partial charge is 0.321 e. The molecule has 3 amide bonds. The monoisotopic (exact) mass is 386 g/mol. The molecule has 3 rings (SSSR count). The molecule has 2 N–H and O–H groups in total. The fourth-order valence-corrected chi connectivity index (χ4v) is 4.10. The van der Waals surface area contributed by atoms with E-state index in [0.717, 1.165) is 38.3 Å². The minimum absolute atomic E-state index is 0.279. The van der Waals surface area contributed by atoms with Crippen molar-refractivity contribution in [2.75, 3.05) is 32.7 Å². The number of piperazine rings is 1. The highest BCUT2D eigenvalue weighted by molar-refractivity contribution is 7.09. The van der Waals surface area contributed by atoms with E-state index in [1.165, 1.54) is 4.88 Å². The molecule has 0 spiro atoms. The highest BCUT2D eigenvalue weighted by atomic mass is 32.1. The third-order valence-corrected chi connectivity index (χ3v) is 5.53. The van der Waals surface area contributed by atoms with Crippen LogP contribution in [0.1, 0.15) is 23.4 Å². The summed E-state index contributed by atoms with van der Waals surface area (Å²) in [5.41, 5.74) is 0.908. The second kappa shape index (κ2) is 9.64. The summed E-state index contributed by atoms with van der Waals surface area (Å²) in [5.74, 6) is -0.279. The van der Waals surface area contributed by atoms with E-state index in [0.29, 0.717) is 6.54 Å². The molecular weight excluding hydrogens is 360 g/mol. The lowest BCUT2D eigenvalue weighted by atomic mass is 10.0. The third kappa shape index (κ3) is 5.38. The first-order valence-electron chi connectivity index (χ1n) is 9.30. The van der Waals surface area contributed by atoms with Gasteiger partial charge in [0.15, 0.2) is 0 Å². The van der Waals surface area contributed by atoms with E-state index in [1.807, 2.05) is 37.3 Å². The first-order valence-corrected chi connectivity index (χ1v) is 10.2. The normalized spacial score (nSPS) is 16.6. The summed E-state index contributed by atoms with van der Waals surface area (Å²) in [6.45, 7) is 6.63. The summed E-state index contributed by atoms with van der Waals surface area (Å²) in [4.78, 5) is 30.6. The number of carbonyl (C=O) groups is 2. The Morgan fingerprint density at radius 2 is 1.81 bits per heavy atom. The number of thiophene rings is 1. The van der Waals surface area contributed by atoms with Gasteiger partial charge in [-0.3, -0.25) is 19.9 Å². The molecule has 0 unspecified atom stereocenters. The molecule has 1 aromatic heterocycles. The zero-order valence-corrected chi connectivity index (χ0v) is 16.4. The standard InChI is InChI=1S/C20H26N4O2S/c1-2-21-20(26)22-19(25)18(16-7-4-3-5-8-16)24-12-10-23(11-13-24)15-17-9-6-14-27-17/h3-9,14,18H,2,10-13,15H2,1H3,(H2,21,22,25,26)/t18-/m1/s1. The van der Waals surface area contributed by atoms with Crippen LogP contribution in [0.5, 0.6) is 0 Å². The average molecular weight is 387 g/mol. The summed E-state index contributed by atoms with van der Waals surface area (Å²) in [6.07, 6.45) is 0. The highest BCUT2D eigenvalue weighted by Gasteiger charge is 2.31. The molecule has 2 heterocycles. The summed E-state index contributed by atoms with van der Waals surface area (Å²) < 4.78 is 0. The van der Waals surface area contributed by atoms with Gasteiger partial charge in [-0.1, -0.05) is 36.4 Å². The molecule has 6 nitrogen and oxygen atoms in total. The lowest BCUT2D eigenvalue weighted by Gasteiger charge is -2.38. The van der Waals surface area contributed by atoms with Crippen molar-refractivity contribution in [3.63, 3.8) is 0 Å². The van der Waals surface area contributed by atoms with Crippen LogP contribution in [0.4, 0.5) is 4.79 Å². The second-order valence-corrected chi connectivity index (χ2v) is 7.59. The van der Waals surface area contributed by atoms with Gasteiger partial charge in [0.05, 0.1) is 0 Å². The van der Waals surface area contributed by atoms with Crippen molar-refractivity contribution in [1.82, 2.24) is 20.4 Å². The van der Waals surface area contributed by atoms with Crippen LogP contribution in [-0.2, 0) is 11.3 Å². The molecule has 0 bridgehead atoms. The van der Waals surface area contributed by atoms with Crippen LogP contribution in [0.2, 0.25) is 0 Å². The Morgan fingerprint density at radius 1 is 1.07 bits per heavy atom. The van der Waals surface area contributed by atoms with Crippen LogP contribution in [0.3, 0.4) is 0 Å². The van der Waals surface area contributed by atoms with Crippen molar-refractivity contribution >= 4 is 23.3 Å². The Labute approximate surface area is 164 Å². The summed E-state index contributed by atoms with van der Waals surface area (Å²) >= 11 is 1.77. The fraction of sp³-hybridized carbons (Fsp3) is 0.400. The summed E-state index contributed by atoms with van der Waals surface area (Å²) in [6, 6.07) is 13.0. The Kier molecular flexibility index (Phi) is 6.98. The van der Waals surface area contributed by atoms with Gasteiger partial charge in [0.2, 0.25) is 5.91 Å². The molecule has 1 atom stereocenters. The van der Waals surface area contributed by atoms with E-state index >= 15 is 0 Å². The molecule has 27 heavy (non-hydrogen) atoms. The molecule has 2 aromatic rings. The number of imide groups is 1. The van der Waals surface area contributed by atoms with Crippen molar-refractivity contribution in [3.05, 3.63) is 58.3 Å². The third-order valence-electron chi connectivity index (χ3n) is 4.67. The number of nitrogens with one attached hydrogen (secondary N) is 2. The van der Waals surface area contributed by atoms with Crippen molar-refractivity contribution in [1.29, 1.82) is 0 Å². The Morgan fingerprint density at radius 3 is 2.44 bits per heavy atom. The number of urea groups is 1. The first kappa shape index (κ1) is 19.5. The minimum atomic E-state index is -0.460. The number of rotatable bonds is 6. The Bertz CT molecular complexity index is 728. The fourth-order valence-electron chi connectivity index (χ4n) is 3.35. The van der Waals surface area contributed by atoms with E-state index in [-0.39, 0.29) is 5.91 Å². The largest absolute Gasteiger partial charge is 0.338 e. The van der Waals surface area contributed by atoms with E-state index in [9.17, 15) is 9.59 Å². The lowest BCUT2D eigenvalue weighted by Crippen LogP contribution is -2.52. The van der Waals surface area contributed by atoms with Crippen LogP contribution in [-0.4, -0.2) is 54.5 Å². The zero-order chi connectivity index (χ0) is 19.1. The van der Waals surface area contributed by atoms with Crippen molar-refractivity contribution < 1.29 is 9.59 Å². The van der Waals surface area contributed by atoms with Gasteiger partial charge in [-0.2, -0.15) is 0 Å². The van der Waals surface area contributed by atoms with Gasteiger partial charge in [-0.15, -0.1) is 11.3 Å². The zero-order valence-electron chi connectivity index (χ0n) is 15.6. The lowest BCUT2D eigenvalue weighted by molar-refractivity contribution is -0.126. The highest BCUT2D eigenvalue weighted by Crippen LogP contribution is 2.23. The van der Waals surface area contributed by atoms with Gasteiger partial charge in [0, 0.05) is 44.1 Å². The van der Waals surface area contributed by atoms with Gasteiger partial charge in [0.1, 0.15) is 6.04 Å². The van der Waals surface area contributed by atoms with E-state index < -0.39 is 12.1 Å². The molecule has 1 saturated heterocycles. The van der Waals surface area contributed by atoms with Gasteiger partial charge < -0.3 is 5.32 Å². The number of amides is 3. The number of hydrogen-bond acceptors (Lipinski definition) is 5. The number of carbonyl (C=O) groups excluding carboxylic acids is 2. The Balaban J connectivity index is 1.66. The quantitative estimate of drug-likeness (QED) is 0.800. The van der Waals surface area contributed by atoms with E-state index in [2.05, 4.69) is 37.9 Å². The molecule has 1 fully saturated rings. The van der Waals surface area contributed by atoms with Crippen molar-refractivity contribution in [3.8, 4) is 0 Å². The van der Waals surface area contributed by atoms with Crippen molar-refractivity contribution in [2.24, 2.45) is 0 Å². The van der Waals surface area contributed by atoms with E-state index in [1.54, 1.807) is 11.3 Å². The van der Waals surface area contributed by atoms with Crippen LogP contribution in [0.15, 0.2) is 47.8 Å². The summed E-state index contributed by atoms with van der Waals surface area (Å²) in [7, 11) is 0. The van der Waals surface area contributed by atoms with E-state index in [4.69, 9.17) is 0 Å². The minimum Gasteiger partial charge on any atom is -0.338 e. The SMILES string of the molecule is CCNC(=O)NC(=O)[C@@H](c1ccccc1)N1CCN(Cc2cccs2)CC1. The number of hydrogen-bond donors (Lipinski definition) is 2. The van der Waals surface area contributed by atoms with Gasteiger partial charge in [0.25, 0.3) is 0 Å². The van der Waals surface area contributed by atoms with Gasteiger partial charge in [-0.25, -0.2) is 4.79 Å². The van der Waals surface area contributed by atoms with Crippen LogP contribution >= 0.6 is 11.3 Å². The topological polar surface area (TPSA) is 64.7 Å². The predicted molar refractivity (Wildman–Crippen MR) is 108 cm³/mol. The molecule has 0 aliphatic carbocycles. The van der Waals surface area contributed by atoms with Crippen molar-refractivity contribution in [2.45, 2.75) is 19.5 Å². The second-order valence-electron chi connectivity index (χ2n) is 6.55. The number of benzene rings is 1. The Hall–Kier alpha value is -2.22. The maximum Gasteiger partial charge on any atom is 0.321 e. The van der Waals surface area contributed by atoms with Crippen LogP contribution in [0, 0.1) is 0 Å². The maximum absolute atomic E-state index is 12.8. The summed E-state index contributed by atoms with van der Waals surface area (Å²) in [5, 5.41) is 7.20. The molecule has 0 saturated carbocycles. The molecule has 1 aromatic carbocycles.